The average Bonchev–Trinajstić information content (AvgIpc) is 2.83. The molecule has 6 nitrogen and oxygen atoms in total. The van der Waals surface area contributed by atoms with E-state index in [1.807, 2.05) is 0 Å². The molecule has 0 radical (unpaired) electrons. The summed E-state index contributed by atoms with van der Waals surface area (Å²) in [6.45, 7) is 0.0926. The van der Waals surface area contributed by atoms with Gasteiger partial charge in [0.15, 0.2) is 0 Å². The summed E-state index contributed by atoms with van der Waals surface area (Å²) in [5.41, 5.74) is 5.66. The smallest absolute Gasteiger partial charge is 0.326 e. The van der Waals surface area contributed by atoms with Crippen LogP contribution >= 0.6 is 0 Å². The van der Waals surface area contributed by atoms with Crippen molar-refractivity contribution in [2.75, 3.05) is 6.54 Å². The monoisotopic (exact) mass is 240 g/mol. The third-order valence-corrected chi connectivity index (χ3v) is 3.28. The molecule has 1 aliphatic heterocycles. The molecule has 94 valence electrons. The highest BCUT2D eigenvalue weighted by molar-refractivity contribution is 5.87. The van der Waals surface area contributed by atoms with Crippen LogP contribution < -0.4 is 5.73 Å². The van der Waals surface area contributed by atoms with Crippen LogP contribution in [0.3, 0.4) is 0 Å². The fraction of sp³-hybridized carbons (Fsp3) is 0.636. The van der Waals surface area contributed by atoms with E-state index in [0.29, 0.717) is 6.42 Å². The maximum Gasteiger partial charge on any atom is 0.326 e. The predicted molar refractivity (Wildman–Crippen MR) is 59.0 cm³/mol. The number of nitrogens with zero attached hydrogens (tertiary/aromatic N) is 1. The highest BCUT2D eigenvalue weighted by atomic mass is 16.4. The molecule has 2 unspecified atom stereocenters. The van der Waals surface area contributed by atoms with E-state index in [1.54, 1.807) is 12.2 Å². The molecular weight excluding hydrogens is 224 g/mol. The minimum absolute atomic E-state index is 0.0926. The van der Waals surface area contributed by atoms with Gasteiger partial charge in [0.2, 0.25) is 5.91 Å². The fourth-order valence-electron chi connectivity index (χ4n) is 2.41. The zero-order valence-corrected chi connectivity index (χ0v) is 9.32. The molecule has 0 saturated carbocycles. The number of carboxylic acids is 1. The number of aliphatic hydroxyl groups is 1. The number of likely N-dealkylation sites (tertiary alicyclic amines) is 1. The maximum atomic E-state index is 12.1. The summed E-state index contributed by atoms with van der Waals surface area (Å²) in [7, 11) is 0. The van der Waals surface area contributed by atoms with Gasteiger partial charge in [-0.1, -0.05) is 12.2 Å². The number of carbonyl (C=O) groups is 2. The Labute approximate surface area is 98.7 Å². The van der Waals surface area contributed by atoms with Crippen molar-refractivity contribution in [1.82, 2.24) is 4.90 Å². The highest BCUT2D eigenvalue weighted by Gasteiger charge is 2.41. The Morgan fingerprint density at radius 1 is 1.29 bits per heavy atom. The van der Waals surface area contributed by atoms with Crippen LogP contribution in [0.4, 0.5) is 0 Å². The van der Waals surface area contributed by atoms with E-state index in [2.05, 4.69) is 0 Å². The molecule has 17 heavy (non-hydrogen) atoms. The van der Waals surface area contributed by atoms with E-state index < -0.39 is 18.1 Å². The van der Waals surface area contributed by atoms with Gasteiger partial charge in [0.05, 0.1) is 12.0 Å². The first-order chi connectivity index (χ1) is 7.99. The molecule has 6 heteroatoms. The average molecular weight is 240 g/mol. The van der Waals surface area contributed by atoms with Crippen LogP contribution in [-0.2, 0) is 9.59 Å². The van der Waals surface area contributed by atoms with Crippen LogP contribution in [0.5, 0.6) is 0 Å². The van der Waals surface area contributed by atoms with Crippen LogP contribution in [0.25, 0.3) is 0 Å². The van der Waals surface area contributed by atoms with Crippen LogP contribution in [0.1, 0.15) is 12.8 Å². The topological polar surface area (TPSA) is 104 Å². The normalized spacial score (nSPS) is 36.5. The van der Waals surface area contributed by atoms with Crippen LogP contribution in [-0.4, -0.2) is 51.7 Å². The standard InChI is InChI=1S/C11H16N2O4/c12-7-2-1-6(3-7)10(15)13-5-8(14)4-9(13)11(16)17/h1-2,6-9,14H,3-5,12H2,(H,16,17)/t6?,7?,8-,9-/m0/s1. The molecule has 1 fully saturated rings. The Bertz CT molecular complexity index is 368. The minimum atomic E-state index is -1.07. The molecule has 0 aromatic rings. The van der Waals surface area contributed by atoms with E-state index in [0.717, 1.165) is 0 Å². The summed E-state index contributed by atoms with van der Waals surface area (Å²) in [6, 6.07) is -1.05. The van der Waals surface area contributed by atoms with E-state index in [-0.39, 0.29) is 30.8 Å². The molecule has 1 saturated heterocycles. The van der Waals surface area contributed by atoms with Gasteiger partial charge in [0.25, 0.3) is 0 Å². The van der Waals surface area contributed by atoms with Crippen LogP contribution in [0.15, 0.2) is 12.2 Å². The number of hydrogen-bond donors (Lipinski definition) is 3. The van der Waals surface area contributed by atoms with Gasteiger partial charge in [-0.2, -0.15) is 0 Å². The summed E-state index contributed by atoms with van der Waals surface area (Å²) in [5, 5.41) is 18.5. The number of nitrogens with two attached hydrogens (primary N) is 1. The third kappa shape index (κ3) is 2.32. The summed E-state index contributed by atoms with van der Waals surface area (Å²) in [6.07, 6.45) is 3.34. The number of hydrogen-bond acceptors (Lipinski definition) is 4. The first kappa shape index (κ1) is 12.1. The van der Waals surface area contributed by atoms with Crippen molar-refractivity contribution in [2.45, 2.75) is 31.0 Å². The highest BCUT2D eigenvalue weighted by Crippen LogP contribution is 2.25. The van der Waals surface area contributed by atoms with Crippen molar-refractivity contribution < 1.29 is 19.8 Å². The molecule has 1 heterocycles. The maximum absolute atomic E-state index is 12.1. The molecule has 0 aromatic heterocycles. The van der Waals surface area contributed by atoms with Crippen molar-refractivity contribution in [3.05, 3.63) is 12.2 Å². The Balaban J connectivity index is 2.08. The third-order valence-electron chi connectivity index (χ3n) is 3.28. The lowest BCUT2D eigenvalue weighted by Gasteiger charge is -2.24. The zero-order valence-electron chi connectivity index (χ0n) is 9.32. The second kappa shape index (κ2) is 4.46. The predicted octanol–water partition coefficient (Wildman–Crippen LogP) is -1.06. The first-order valence-corrected chi connectivity index (χ1v) is 5.64. The van der Waals surface area contributed by atoms with Gasteiger partial charge in [0.1, 0.15) is 6.04 Å². The number of carbonyl (C=O) groups excluding carboxylic acids is 1. The number of rotatable bonds is 2. The number of β-amino-alcohol motifs (C(OH)–C–C–N with tert-alkyl or cyclic N) is 1. The van der Waals surface area contributed by atoms with Crippen molar-refractivity contribution in [2.24, 2.45) is 11.7 Å². The molecule has 0 bridgehead atoms. The zero-order chi connectivity index (χ0) is 12.6. The molecular formula is C11H16N2O4. The summed E-state index contributed by atoms with van der Waals surface area (Å²) in [5.74, 6) is -1.67. The lowest BCUT2D eigenvalue weighted by Crippen LogP contribution is -2.43. The van der Waals surface area contributed by atoms with E-state index in [4.69, 9.17) is 10.8 Å². The van der Waals surface area contributed by atoms with Gasteiger partial charge in [-0.05, 0) is 6.42 Å². The van der Waals surface area contributed by atoms with E-state index in [9.17, 15) is 14.7 Å². The molecule has 0 aromatic carbocycles. The van der Waals surface area contributed by atoms with Crippen molar-refractivity contribution >= 4 is 11.9 Å². The lowest BCUT2D eigenvalue weighted by molar-refractivity contribution is -0.149. The van der Waals surface area contributed by atoms with Gasteiger partial charge < -0.3 is 20.8 Å². The Morgan fingerprint density at radius 3 is 2.53 bits per heavy atom. The van der Waals surface area contributed by atoms with Gasteiger partial charge >= 0.3 is 5.97 Å². The van der Waals surface area contributed by atoms with Gasteiger partial charge in [-0.25, -0.2) is 4.79 Å². The second-order valence-corrected chi connectivity index (χ2v) is 4.63. The summed E-state index contributed by atoms with van der Waals surface area (Å²) < 4.78 is 0. The summed E-state index contributed by atoms with van der Waals surface area (Å²) >= 11 is 0. The molecule has 1 amide bonds. The van der Waals surface area contributed by atoms with Gasteiger partial charge in [-0.3, -0.25) is 4.79 Å². The quantitative estimate of drug-likeness (QED) is 0.533. The lowest BCUT2D eigenvalue weighted by atomic mass is 10.1. The fourth-order valence-corrected chi connectivity index (χ4v) is 2.41. The van der Waals surface area contributed by atoms with Gasteiger partial charge in [0, 0.05) is 19.0 Å². The summed E-state index contributed by atoms with van der Waals surface area (Å²) in [4.78, 5) is 24.3. The SMILES string of the molecule is NC1C=CC(C(=O)N2C[C@@H](O)C[C@H]2C(=O)O)C1. The molecule has 0 spiro atoms. The second-order valence-electron chi connectivity index (χ2n) is 4.63. The molecule has 4 atom stereocenters. The van der Waals surface area contributed by atoms with Gasteiger partial charge in [-0.15, -0.1) is 0 Å². The molecule has 4 N–H and O–H groups in total. The Kier molecular flexibility index (Phi) is 3.17. The van der Waals surface area contributed by atoms with Crippen LogP contribution in [0, 0.1) is 5.92 Å². The van der Waals surface area contributed by atoms with E-state index in [1.165, 1.54) is 4.90 Å². The van der Waals surface area contributed by atoms with Crippen molar-refractivity contribution in [1.29, 1.82) is 0 Å². The first-order valence-electron chi connectivity index (χ1n) is 5.64. The van der Waals surface area contributed by atoms with Crippen LogP contribution in [0.2, 0.25) is 0 Å². The Hall–Kier alpha value is -1.40. The van der Waals surface area contributed by atoms with Crippen molar-refractivity contribution in [3.63, 3.8) is 0 Å². The van der Waals surface area contributed by atoms with Crippen molar-refractivity contribution in [3.8, 4) is 0 Å². The largest absolute Gasteiger partial charge is 0.480 e. The van der Waals surface area contributed by atoms with E-state index >= 15 is 0 Å². The number of aliphatic carboxylic acids is 1. The molecule has 2 rings (SSSR count). The number of amides is 1. The Morgan fingerprint density at radius 2 is 2.00 bits per heavy atom. The minimum Gasteiger partial charge on any atom is -0.480 e. The number of carboxylic acid groups (broad SMARTS) is 1. The molecule has 1 aliphatic carbocycles. The molecule has 2 aliphatic rings. The number of aliphatic hydroxyl groups excluding tert-OH is 1.